The number of aromatic hydroxyl groups is 1. The van der Waals surface area contributed by atoms with Crippen LogP contribution in [0.2, 0.25) is 0 Å². The van der Waals surface area contributed by atoms with E-state index in [2.05, 4.69) is 11.8 Å². The summed E-state index contributed by atoms with van der Waals surface area (Å²) in [6.45, 7) is 4.15. The Morgan fingerprint density at radius 3 is 3.00 bits per heavy atom. The molecule has 1 aliphatic rings. The van der Waals surface area contributed by atoms with Gasteiger partial charge in [0.05, 0.1) is 6.54 Å². The molecule has 0 spiro atoms. The van der Waals surface area contributed by atoms with Crippen LogP contribution < -0.4 is 5.43 Å². The van der Waals surface area contributed by atoms with Gasteiger partial charge in [-0.05, 0) is 25.3 Å². The van der Waals surface area contributed by atoms with Crippen LogP contribution in [0.1, 0.15) is 31.3 Å². The molecule has 2 N–H and O–H groups in total. The van der Waals surface area contributed by atoms with Gasteiger partial charge in [-0.15, -0.1) is 0 Å². The van der Waals surface area contributed by atoms with Gasteiger partial charge in [-0.1, -0.05) is 6.92 Å². The quantitative estimate of drug-likeness (QED) is 0.843. The van der Waals surface area contributed by atoms with Gasteiger partial charge in [0, 0.05) is 12.6 Å². The molecule has 0 radical (unpaired) electrons. The molecule has 0 aromatic carbocycles. The molecule has 1 aliphatic heterocycles. The van der Waals surface area contributed by atoms with Gasteiger partial charge >= 0.3 is 0 Å². The first-order valence-corrected chi connectivity index (χ1v) is 6.28. The van der Waals surface area contributed by atoms with Crippen molar-refractivity contribution >= 4 is 0 Å². The standard InChI is InChI=1S/C13H19NO4/c1-9-3-2-4-14(6-9)7-12-13(17)11(16)5-10(8-15)18-12/h5,9,15,17H,2-4,6-8H2,1H3. The molecule has 0 bridgehead atoms. The Hall–Kier alpha value is -1.33. The van der Waals surface area contributed by atoms with E-state index in [1.165, 1.54) is 6.42 Å². The van der Waals surface area contributed by atoms with Crippen LogP contribution in [0.4, 0.5) is 0 Å². The fourth-order valence-electron chi connectivity index (χ4n) is 2.41. The molecule has 1 aromatic heterocycles. The first-order valence-electron chi connectivity index (χ1n) is 6.28. The highest BCUT2D eigenvalue weighted by molar-refractivity contribution is 5.24. The van der Waals surface area contributed by atoms with Crippen LogP contribution in [0.25, 0.3) is 0 Å². The Kier molecular flexibility index (Phi) is 4.04. The first-order chi connectivity index (χ1) is 8.60. The van der Waals surface area contributed by atoms with Crippen LogP contribution in [0.5, 0.6) is 5.75 Å². The van der Waals surface area contributed by atoms with E-state index in [1.807, 2.05) is 0 Å². The Morgan fingerprint density at radius 1 is 1.56 bits per heavy atom. The highest BCUT2D eigenvalue weighted by atomic mass is 16.4. The second-order valence-electron chi connectivity index (χ2n) is 4.99. The van der Waals surface area contributed by atoms with E-state index >= 15 is 0 Å². The molecule has 18 heavy (non-hydrogen) atoms. The summed E-state index contributed by atoms with van der Waals surface area (Å²) >= 11 is 0. The first kappa shape index (κ1) is 13.1. The second-order valence-corrected chi connectivity index (χ2v) is 4.99. The van der Waals surface area contributed by atoms with Crippen LogP contribution in [-0.2, 0) is 13.2 Å². The fourth-order valence-corrected chi connectivity index (χ4v) is 2.41. The minimum atomic E-state index is -0.495. The van der Waals surface area contributed by atoms with Crippen LogP contribution in [0.15, 0.2) is 15.3 Å². The summed E-state index contributed by atoms with van der Waals surface area (Å²) in [6.07, 6.45) is 2.33. The van der Waals surface area contributed by atoms with Crippen molar-refractivity contribution < 1.29 is 14.6 Å². The molecule has 5 heteroatoms. The van der Waals surface area contributed by atoms with E-state index in [4.69, 9.17) is 9.52 Å². The summed E-state index contributed by atoms with van der Waals surface area (Å²) < 4.78 is 5.33. The zero-order chi connectivity index (χ0) is 13.1. The average Bonchev–Trinajstić information content (AvgIpc) is 2.34. The average molecular weight is 253 g/mol. The fraction of sp³-hybridized carbons (Fsp3) is 0.615. The van der Waals surface area contributed by atoms with Crippen molar-refractivity contribution in [2.75, 3.05) is 13.1 Å². The Bertz CT molecular complexity index is 469. The normalized spacial score (nSPS) is 21.1. The lowest BCUT2D eigenvalue weighted by Crippen LogP contribution is -2.34. The monoisotopic (exact) mass is 253 g/mol. The third-order valence-electron chi connectivity index (χ3n) is 3.31. The van der Waals surface area contributed by atoms with E-state index in [0.717, 1.165) is 25.6 Å². The van der Waals surface area contributed by atoms with Crippen molar-refractivity contribution in [1.29, 1.82) is 0 Å². The summed E-state index contributed by atoms with van der Waals surface area (Å²) in [6, 6.07) is 1.12. The number of nitrogens with zero attached hydrogens (tertiary/aromatic N) is 1. The minimum Gasteiger partial charge on any atom is -0.502 e. The third kappa shape index (κ3) is 2.91. The number of piperidine rings is 1. The maximum absolute atomic E-state index is 11.5. The number of aliphatic hydroxyl groups is 1. The lowest BCUT2D eigenvalue weighted by Gasteiger charge is -2.30. The van der Waals surface area contributed by atoms with Gasteiger partial charge in [0.15, 0.2) is 5.76 Å². The van der Waals surface area contributed by atoms with Gasteiger partial charge in [-0.25, -0.2) is 0 Å². The number of rotatable bonds is 3. The molecular formula is C13H19NO4. The topological polar surface area (TPSA) is 73.9 Å². The van der Waals surface area contributed by atoms with E-state index in [-0.39, 0.29) is 23.9 Å². The molecule has 5 nitrogen and oxygen atoms in total. The smallest absolute Gasteiger partial charge is 0.227 e. The highest BCUT2D eigenvalue weighted by Gasteiger charge is 2.20. The molecule has 1 atom stereocenters. The van der Waals surface area contributed by atoms with Gasteiger partial charge in [0.2, 0.25) is 11.2 Å². The van der Waals surface area contributed by atoms with Gasteiger partial charge in [-0.3, -0.25) is 9.69 Å². The molecule has 0 aliphatic carbocycles. The molecule has 1 unspecified atom stereocenters. The van der Waals surface area contributed by atoms with Crippen molar-refractivity contribution in [2.24, 2.45) is 5.92 Å². The number of aliphatic hydroxyl groups excluding tert-OH is 1. The summed E-state index contributed by atoms with van der Waals surface area (Å²) in [7, 11) is 0. The molecule has 2 heterocycles. The second kappa shape index (κ2) is 5.54. The SMILES string of the molecule is CC1CCCN(Cc2oc(CO)cc(=O)c2O)C1. The Morgan fingerprint density at radius 2 is 2.33 bits per heavy atom. The summed E-state index contributed by atoms with van der Waals surface area (Å²) in [5.74, 6) is 0.720. The summed E-state index contributed by atoms with van der Waals surface area (Å²) in [5.41, 5.74) is -0.495. The van der Waals surface area contributed by atoms with Crippen molar-refractivity contribution in [1.82, 2.24) is 4.90 Å². The molecule has 2 rings (SSSR count). The van der Waals surface area contributed by atoms with Gasteiger partial charge in [0.1, 0.15) is 12.4 Å². The predicted octanol–water partition coefficient (Wildman–Crippen LogP) is 1.07. The zero-order valence-corrected chi connectivity index (χ0v) is 10.6. The molecular weight excluding hydrogens is 234 g/mol. The maximum atomic E-state index is 11.5. The largest absolute Gasteiger partial charge is 0.502 e. The zero-order valence-electron chi connectivity index (χ0n) is 10.6. The third-order valence-corrected chi connectivity index (χ3v) is 3.31. The lowest BCUT2D eigenvalue weighted by molar-refractivity contribution is 0.155. The van der Waals surface area contributed by atoms with E-state index in [9.17, 15) is 9.90 Å². The van der Waals surface area contributed by atoms with Crippen molar-refractivity contribution in [3.05, 3.63) is 27.8 Å². The van der Waals surface area contributed by atoms with Crippen LogP contribution >= 0.6 is 0 Å². The van der Waals surface area contributed by atoms with E-state index < -0.39 is 5.43 Å². The molecule has 1 saturated heterocycles. The Labute approximate surface area is 106 Å². The van der Waals surface area contributed by atoms with Gasteiger partial charge in [0.25, 0.3) is 0 Å². The van der Waals surface area contributed by atoms with Gasteiger partial charge in [-0.2, -0.15) is 0 Å². The highest BCUT2D eigenvalue weighted by Crippen LogP contribution is 2.21. The molecule has 0 saturated carbocycles. The van der Waals surface area contributed by atoms with Crippen molar-refractivity contribution in [2.45, 2.75) is 32.9 Å². The van der Waals surface area contributed by atoms with E-state index in [1.54, 1.807) is 0 Å². The lowest BCUT2D eigenvalue weighted by atomic mass is 10.0. The molecule has 0 amide bonds. The summed E-state index contributed by atoms with van der Waals surface area (Å²) in [4.78, 5) is 13.6. The van der Waals surface area contributed by atoms with Crippen molar-refractivity contribution in [3.8, 4) is 5.75 Å². The van der Waals surface area contributed by atoms with E-state index in [0.29, 0.717) is 12.5 Å². The predicted molar refractivity (Wildman–Crippen MR) is 66.2 cm³/mol. The number of hydrogen-bond acceptors (Lipinski definition) is 5. The van der Waals surface area contributed by atoms with Crippen LogP contribution in [0, 0.1) is 5.92 Å². The summed E-state index contributed by atoms with van der Waals surface area (Å²) in [5, 5.41) is 18.7. The van der Waals surface area contributed by atoms with Crippen LogP contribution in [0.3, 0.4) is 0 Å². The minimum absolute atomic E-state index is 0.192. The maximum Gasteiger partial charge on any atom is 0.227 e. The van der Waals surface area contributed by atoms with Crippen LogP contribution in [-0.4, -0.2) is 28.2 Å². The molecule has 1 fully saturated rings. The van der Waals surface area contributed by atoms with Crippen molar-refractivity contribution in [3.63, 3.8) is 0 Å². The van der Waals surface area contributed by atoms with Gasteiger partial charge < -0.3 is 14.6 Å². The molecule has 100 valence electrons. The number of hydrogen-bond donors (Lipinski definition) is 2. The Balaban J connectivity index is 2.17. The molecule has 1 aromatic rings. The number of likely N-dealkylation sites (tertiary alicyclic amines) is 1.